The van der Waals surface area contributed by atoms with E-state index in [9.17, 15) is 5.11 Å². The smallest absolute Gasteiger partial charge is 0.216 e. The molecule has 2 aliphatic rings. The Morgan fingerprint density at radius 2 is 1.87 bits per heavy atom. The monoisotopic (exact) mass is 215 g/mol. The normalized spacial score (nSPS) is 37.8. The van der Waals surface area contributed by atoms with Crippen LogP contribution in [0.25, 0.3) is 0 Å². The predicted octanol–water partition coefficient (Wildman–Crippen LogP) is 0.247. The first-order valence-electron chi connectivity index (χ1n) is 5.63. The molecule has 3 unspecified atom stereocenters. The van der Waals surface area contributed by atoms with Crippen molar-refractivity contribution in [3.8, 4) is 0 Å². The average molecular weight is 215 g/mol. The Kier molecular flexibility index (Phi) is 2.79. The molecule has 4 heteroatoms. The summed E-state index contributed by atoms with van der Waals surface area (Å²) in [5.74, 6) is 1.63. The topological polar surface area (TPSA) is 52.9 Å². The third kappa shape index (κ3) is 2.33. The second-order valence-electron chi connectivity index (χ2n) is 5.68. The van der Waals surface area contributed by atoms with E-state index in [2.05, 4.69) is 0 Å². The van der Waals surface area contributed by atoms with Crippen LogP contribution in [0.5, 0.6) is 0 Å². The van der Waals surface area contributed by atoms with Gasteiger partial charge in [0.15, 0.2) is 0 Å². The first kappa shape index (κ1) is 11.3. The quantitative estimate of drug-likeness (QED) is 0.663. The summed E-state index contributed by atoms with van der Waals surface area (Å²) in [6.45, 7) is 7.80. The number of piperidine rings is 1. The van der Waals surface area contributed by atoms with Gasteiger partial charge in [-0.25, -0.2) is 0 Å². The Morgan fingerprint density at radius 3 is 2.27 bits per heavy atom. The highest BCUT2D eigenvalue weighted by Crippen LogP contribution is 2.51. The van der Waals surface area contributed by atoms with Gasteiger partial charge in [-0.2, -0.15) is 0 Å². The van der Waals surface area contributed by atoms with Crippen LogP contribution < -0.4 is 0 Å². The van der Waals surface area contributed by atoms with Crippen LogP contribution in [0, 0.1) is 17.8 Å². The number of aliphatic hydroxyl groups is 2. The summed E-state index contributed by atoms with van der Waals surface area (Å²) in [7, 11) is 0. The molecule has 0 radical (unpaired) electrons. The zero-order valence-corrected chi connectivity index (χ0v) is 9.68. The average Bonchev–Trinajstić information content (AvgIpc) is 2.54. The molecule has 0 aromatic rings. The Hall–Kier alpha value is -0.160. The van der Waals surface area contributed by atoms with Crippen molar-refractivity contribution in [2.24, 2.45) is 17.8 Å². The van der Waals surface area contributed by atoms with Gasteiger partial charge in [-0.1, -0.05) is 0 Å². The van der Waals surface area contributed by atoms with Gasteiger partial charge in [-0.3, -0.25) is 4.90 Å². The lowest BCUT2D eigenvalue weighted by atomic mass is 10.2. The first-order chi connectivity index (χ1) is 6.92. The van der Waals surface area contributed by atoms with E-state index < -0.39 is 6.41 Å². The molecule has 1 heterocycles. The van der Waals surface area contributed by atoms with Crippen molar-refractivity contribution in [2.45, 2.75) is 32.8 Å². The fourth-order valence-electron chi connectivity index (χ4n) is 2.52. The molecule has 3 atom stereocenters. The molecule has 15 heavy (non-hydrogen) atoms. The van der Waals surface area contributed by atoms with Gasteiger partial charge < -0.3 is 14.9 Å². The number of hydrogen-bond acceptors (Lipinski definition) is 4. The summed E-state index contributed by atoms with van der Waals surface area (Å²) in [6, 6.07) is 0. The number of fused-ring (bicyclic) bond motifs is 1. The van der Waals surface area contributed by atoms with Gasteiger partial charge in [0.2, 0.25) is 6.41 Å². The Morgan fingerprint density at radius 1 is 1.33 bits per heavy atom. The number of hydrogen-bond donors (Lipinski definition) is 2. The molecule has 4 nitrogen and oxygen atoms in total. The van der Waals surface area contributed by atoms with Gasteiger partial charge in [-0.15, -0.1) is 0 Å². The van der Waals surface area contributed by atoms with Crippen LogP contribution in [0.15, 0.2) is 0 Å². The molecule has 1 aliphatic carbocycles. The van der Waals surface area contributed by atoms with Crippen LogP contribution in [0.1, 0.15) is 20.8 Å². The Balaban J connectivity index is 1.79. The largest absolute Gasteiger partial charge is 0.396 e. The molecule has 2 fully saturated rings. The summed E-state index contributed by atoms with van der Waals surface area (Å²) < 4.78 is 5.48. The summed E-state index contributed by atoms with van der Waals surface area (Å²) in [5.41, 5.74) is -0.317. The summed E-state index contributed by atoms with van der Waals surface area (Å²) in [6.07, 6.45) is -0.794. The van der Waals surface area contributed by atoms with E-state index >= 15 is 0 Å². The highest BCUT2D eigenvalue weighted by Gasteiger charge is 2.56. The minimum absolute atomic E-state index is 0.291. The van der Waals surface area contributed by atoms with Crippen molar-refractivity contribution >= 4 is 0 Å². The summed E-state index contributed by atoms with van der Waals surface area (Å²) >= 11 is 0. The molecule has 0 aromatic heterocycles. The fourth-order valence-corrected chi connectivity index (χ4v) is 2.52. The number of likely N-dealkylation sites (tertiary alicyclic amines) is 1. The van der Waals surface area contributed by atoms with Crippen molar-refractivity contribution in [3.05, 3.63) is 0 Å². The van der Waals surface area contributed by atoms with Gasteiger partial charge >= 0.3 is 0 Å². The van der Waals surface area contributed by atoms with Crippen molar-refractivity contribution in [2.75, 3.05) is 19.7 Å². The van der Waals surface area contributed by atoms with Gasteiger partial charge in [-0.05, 0) is 38.5 Å². The van der Waals surface area contributed by atoms with E-state index in [4.69, 9.17) is 9.84 Å². The maximum atomic E-state index is 9.82. The van der Waals surface area contributed by atoms with Crippen LogP contribution >= 0.6 is 0 Å². The maximum absolute atomic E-state index is 9.82. The second kappa shape index (κ2) is 3.70. The maximum Gasteiger partial charge on any atom is 0.216 e. The van der Waals surface area contributed by atoms with Gasteiger partial charge in [0, 0.05) is 19.7 Å². The zero-order valence-electron chi connectivity index (χ0n) is 9.68. The van der Waals surface area contributed by atoms with Crippen molar-refractivity contribution in [1.29, 1.82) is 0 Å². The van der Waals surface area contributed by atoms with E-state index in [1.807, 2.05) is 25.7 Å². The minimum atomic E-state index is -0.794. The Bertz CT molecular complexity index is 226. The minimum Gasteiger partial charge on any atom is -0.396 e. The van der Waals surface area contributed by atoms with Crippen LogP contribution in [0.2, 0.25) is 0 Å². The van der Waals surface area contributed by atoms with Crippen LogP contribution in [0.3, 0.4) is 0 Å². The SMILES string of the molecule is CC(C)(C)OC(O)N1CC2C(CO)C2C1. The molecule has 0 amide bonds. The van der Waals surface area contributed by atoms with Gasteiger partial charge in [0.1, 0.15) is 0 Å². The summed E-state index contributed by atoms with van der Waals surface area (Å²) in [5, 5.41) is 18.8. The molecule has 2 rings (SSSR count). The molecule has 1 aliphatic heterocycles. The number of aliphatic hydroxyl groups excluding tert-OH is 2. The second-order valence-corrected chi connectivity index (χ2v) is 5.68. The Labute approximate surface area is 90.8 Å². The lowest BCUT2D eigenvalue weighted by Crippen LogP contribution is -2.42. The number of ether oxygens (including phenoxy) is 1. The number of nitrogens with zero attached hydrogens (tertiary/aromatic N) is 1. The molecule has 88 valence electrons. The molecule has 0 bridgehead atoms. The van der Waals surface area contributed by atoms with E-state index in [-0.39, 0.29) is 5.60 Å². The lowest BCUT2D eigenvalue weighted by Gasteiger charge is -2.31. The zero-order chi connectivity index (χ0) is 11.2. The molecule has 0 aromatic carbocycles. The molecule has 2 N–H and O–H groups in total. The standard InChI is InChI=1S/C11H21NO3/c1-11(2,3)15-10(14)12-4-7-8(5-12)9(7)6-13/h7-10,13-14H,4-6H2,1-3H3. The third-order valence-corrected chi connectivity index (χ3v) is 3.38. The van der Waals surface area contributed by atoms with Gasteiger partial charge in [0.25, 0.3) is 0 Å². The summed E-state index contributed by atoms with van der Waals surface area (Å²) in [4.78, 5) is 1.95. The molecule has 0 spiro atoms. The third-order valence-electron chi connectivity index (χ3n) is 3.38. The molecule has 1 saturated carbocycles. The van der Waals surface area contributed by atoms with E-state index in [1.54, 1.807) is 0 Å². The van der Waals surface area contributed by atoms with Crippen LogP contribution in [-0.2, 0) is 4.74 Å². The highest BCUT2D eigenvalue weighted by molar-refractivity contribution is 5.04. The first-order valence-corrected chi connectivity index (χ1v) is 5.63. The van der Waals surface area contributed by atoms with E-state index in [0.29, 0.717) is 24.4 Å². The van der Waals surface area contributed by atoms with E-state index in [0.717, 1.165) is 13.1 Å². The van der Waals surface area contributed by atoms with Crippen LogP contribution in [0.4, 0.5) is 0 Å². The molecular weight excluding hydrogens is 194 g/mol. The number of rotatable bonds is 3. The van der Waals surface area contributed by atoms with Gasteiger partial charge in [0.05, 0.1) is 5.60 Å². The fraction of sp³-hybridized carbons (Fsp3) is 1.00. The lowest BCUT2D eigenvalue weighted by molar-refractivity contribution is -0.236. The highest BCUT2D eigenvalue weighted by atomic mass is 16.6. The van der Waals surface area contributed by atoms with Crippen molar-refractivity contribution in [3.63, 3.8) is 0 Å². The predicted molar refractivity (Wildman–Crippen MR) is 56.0 cm³/mol. The molecule has 1 saturated heterocycles. The van der Waals surface area contributed by atoms with Crippen molar-refractivity contribution in [1.82, 2.24) is 4.90 Å². The van der Waals surface area contributed by atoms with E-state index in [1.165, 1.54) is 0 Å². The van der Waals surface area contributed by atoms with Crippen molar-refractivity contribution < 1.29 is 14.9 Å². The molecular formula is C11H21NO3. The van der Waals surface area contributed by atoms with Crippen LogP contribution in [-0.4, -0.2) is 46.8 Å².